The Morgan fingerprint density at radius 3 is 1.39 bits per heavy atom. The van der Waals surface area contributed by atoms with Crippen LogP contribution in [0.5, 0.6) is 0 Å². The molecule has 0 unspecified atom stereocenters. The van der Waals surface area contributed by atoms with Gasteiger partial charge in [0.2, 0.25) is 0 Å². The number of rotatable bonds is 10. The minimum absolute atomic E-state index is 0.215. The minimum atomic E-state index is -2.99. The van der Waals surface area contributed by atoms with E-state index >= 15 is 0 Å². The third-order valence-electron chi connectivity index (χ3n) is 6.13. The first-order valence-corrected chi connectivity index (χ1v) is 14.9. The number of hydrogen-bond acceptors (Lipinski definition) is 5. The van der Waals surface area contributed by atoms with Crippen LogP contribution in [0.15, 0.2) is 97.3 Å². The van der Waals surface area contributed by atoms with Gasteiger partial charge in [-0.3, -0.25) is 0 Å². The fraction of sp³-hybridized carbons (Fsp3) is 0.200. The fourth-order valence-electron chi connectivity index (χ4n) is 4.10. The summed E-state index contributed by atoms with van der Waals surface area (Å²) in [4.78, 5) is 39.3. The molecule has 7 nitrogen and oxygen atoms in total. The normalized spacial score (nSPS) is 10.8. The number of carbonyl (C=O) groups is 2. The van der Waals surface area contributed by atoms with Crippen LogP contribution in [0, 0.1) is 0 Å². The van der Waals surface area contributed by atoms with Gasteiger partial charge in [-0.1, -0.05) is 0 Å². The van der Waals surface area contributed by atoms with Gasteiger partial charge in [0.05, 0.1) is 0 Å². The van der Waals surface area contributed by atoms with Crippen LogP contribution in [0.25, 0.3) is 0 Å². The standard InChI is InChI=1S/C30H30N4O3Se/c1-3-33(21-23-13-9-11-19-31-23)29(35)25-15-5-7-17-27(25)38(37)28-18-8-6-16-26(28)30(36)34(4-2)22-24-14-10-12-20-32-24/h5-20H,3-4,21-22H2,1-2H3. The second-order valence-corrected chi connectivity index (χ2v) is 11.5. The van der Waals surface area contributed by atoms with Crippen LogP contribution in [-0.2, 0) is 16.9 Å². The van der Waals surface area contributed by atoms with Gasteiger partial charge in [-0.2, -0.15) is 0 Å². The van der Waals surface area contributed by atoms with Gasteiger partial charge in [-0.15, -0.1) is 0 Å². The molecule has 0 aliphatic carbocycles. The molecule has 2 amide bonds. The Bertz CT molecular complexity index is 1310. The molecule has 0 aliphatic rings. The summed E-state index contributed by atoms with van der Waals surface area (Å²) in [5, 5.41) is 0. The van der Waals surface area contributed by atoms with E-state index in [-0.39, 0.29) is 11.8 Å². The number of hydrogen-bond donors (Lipinski definition) is 0. The summed E-state index contributed by atoms with van der Waals surface area (Å²) in [5.74, 6) is -0.431. The third kappa shape index (κ3) is 6.28. The number of aromatic nitrogens is 2. The second-order valence-electron chi connectivity index (χ2n) is 8.54. The Labute approximate surface area is 227 Å². The van der Waals surface area contributed by atoms with Crippen molar-refractivity contribution < 1.29 is 13.4 Å². The van der Waals surface area contributed by atoms with Crippen LogP contribution >= 0.6 is 0 Å². The Balaban J connectivity index is 1.64. The van der Waals surface area contributed by atoms with Gasteiger partial charge >= 0.3 is 228 Å². The van der Waals surface area contributed by atoms with Crippen molar-refractivity contribution in [3.8, 4) is 0 Å². The van der Waals surface area contributed by atoms with E-state index < -0.39 is 13.8 Å². The van der Waals surface area contributed by atoms with E-state index in [1.165, 1.54) is 0 Å². The summed E-state index contributed by atoms with van der Waals surface area (Å²) >= 11 is -2.99. The quantitative estimate of drug-likeness (QED) is 0.272. The van der Waals surface area contributed by atoms with Crippen molar-refractivity contribution in [1.82, 2.24) is 19.8 Å². The van der Waals surface area contributed by atoms with E-state index in [1.54, 1.807) is 70.7 Å². The van der Waals surface area contributed by atoms with E-state index in [0.717, 1.165) is 11.4 Å². The zero-order valence-corrected chi connectivity index (χ0v) is 23.2. The summed E-state index contributed by atoms with van der Waals surface area (Å²) in [7, 11) is 0. The summed E-state index contributed by atoms with van der Waals surface area (Å²) in [6.07, 6.45) is 3.39. The molecule has 0 saturated heterocycles. The Morgan fingerprint density at radius 2 is 1.03 bits per heavy atom. The molecule has 0 atom stereocenters. The molecule has 4 rings (SSSR count). The number of nitrogens with zero attached hydrogens (tertiary/aromatic N) is 4. The van der Waals surface area contributed by atoms with E-state index in [1.807, 2.05) is 50.2 Å². The van der Waals surface area contributed by atoms with E-state index in [9.17, 15) is 13.4 Å². The first kappa shape index (κ1) is 27.0. The average Bonchev–Trinajstić information content (AvgIpc) is 2.98. The maximum absolute atomic E-state index is 14.1. The van der Waals surface area contributed by atoms with Crippen molar-refractivity contribution in [2.24, 2.45) is 0 Å². The predicted octanol–water partition coefficient (Wildman–Crippen LogP) is 3.34. The molecule has 0 radical (unpaired) electrons. The van der Waals surface area contributed by atoms with Gasteiger partial charge in [-0.25, -0.2) is 0 Å². The van der Waals surface area contributed by atoms with Crippen molar-refractivity contribution >= 4 is 34.6 Å². The molecule has 0 aliphatic heterocycles. The van der Waals surface area contributed by atoms with Crippen molar-refractivity contribution in [2.75, 3.05) is 13.1 Å². The van der Waals surface area contributed by atoms with Crippen LogP contribution in [0.2, 0.25) is 0 Å². The van der Waals surface area contributed by atoms with Crippen LogP contribution in [-0.4, -0.2) is 58.5 Å². The number of carbonyl (C=O) groups excluding carboxylic acids is 2. The number of pyridine rings is 2. The molecule has 0 fully saturated rings. The molecule has 38 heavy (non-hydrogen) atoms. The summed E-state index contributed by atoms with van der Waals surface area (Å²) in [6.45, 7) is 5.46. The average molecular weight is 574 g/mol. The fourth-order valence-corrected chi connectivity index (χ4v) is 6.93. The molecule has 0 saturated carbocycles. The van der Waals surface area contributed by atoms with Crippen LogP contribution < -0.4 is 8.92 Å². The molecule has 0 spiro atoms. The van der Waals surface area contributed by atoms with Gasteiger partial charge in [0, 0.05) is 0 Å². The molecular weight excluding hydrogens is 543 g/mol. The summed E-state index contributed by atoms with van der Waals surface area (Å²) in [5.41, 5.74) is 2.32. The Kier molecular flexibility index (Phi) is 9.25. The van der Waals surface area contributed by atoms with E-state index in [2.05, 4.69) is 9.97 Å². The Hall–Kier alpha value is -4.00. The van der Waals surface area contributed by atoms with Crippen LogP contribution in [0.4, 0.5) is 0 Å². The van der Waals surface area contributed by atoms with Crippen LogP contribution in [0.3, 0.4) is 0 Å². The van der Waals surface area contributed by atoms with Gasteiger partial charge in [0.25, 0.3) is 0 Å². The molecule has 0 N–H and O–H groups in total. The molecule has 2 heterocycles. The zero-order chi connectivity index (χ0) is 26.9. The van der Waals surface area contributed by atoms with Crippen molar-refractivity contribution in [2.45, 2.75) is 26.9 Å². The van der Waals surface area contributed by atoms with Crippen molar-refractivity contribution in [3.05, 3.63) is 120 Å². The topological polar surface area (TPSA) is 83.5 Å². The van der Waals surface area contributed by atoms with E-state index in [4.69, 9.17) is 0 Å². The molecule has 0 bridgehead atoms. The molecular formula is C30H30N4O3Se. The molecule has 194 valence electrons. The monoisotopic (exact) mass is 574 g/mol. The molecule has 8 heteroatoms. The summed E-state index contributed by atoms with van der Waals surface area (Å²) < 4.78 is 15.0. The Morgan fingerprint density at radius 1 is 0.632 bits per heavy atom. The zero-order valence-electron chi connectivity index (χ0n) is 21.5. The third-order valence-corrected chi connectivity index (χ3v) is 9.30. The predicted molar refractivity (Wildman–Crippen MR) is 148 cm³/mol. The van der Waals surface area contributed by atoms with Gasteiger partial charge in [0.15, 0.2) is 0 Å². The summed E-state index contributed by atoms with van der Waals surface area (Å²) in [6, 6.07) is 25.1. The molecule has 4 aromatic rings. The van der Waals surface area contributed by atoms with Crippen molar-refractivity contribution in [1.29, 1.82) is 0 Å². The van der Waals surface area contributed by atoms with Gasteiger partial charge in [0.1, 0.15) is 0 Å². The SMILES string of the molecule is CCN(Cc1ccccn1)C(=O)c1ccccc1[Se](=O)c1ccccc1C(=O)N(CC)Cc1ccccn1. The molecule has 2 aromatic heterocycles. The first-order valence-electron chi connectivity index (χ1n) is 12.5. The van der Waals surface area contributed by atoms with Gasteiger partial charge in [-0.05, 0) is 0 Å². The van der Waals surface area contributed by atoms with E-state index in [0.29, 0.717) is 46.2 Å². The first-order chi connectivity index (χ1) is 18.5. The molecule has 2 aromatic carbocycles. The van der Waals surface area contributed by atoms with Gasteiger partial charge < -0.3 is 0 Å². The van der Waals surface area contributed by atoms with Crippen LogP contribution in [0.1, 0.15) is 46.0 Å². The number of amides is 2. The maximum atomic E-state index is 14.1. The van der Waals surface area contributed by atoms with Crippen molar-refractivity contribution in [3.63, 3.8) is 0 Å². The second kappa shape index (κ2) is 13.0. The number of benzene rings is 2.